The molecule has 2 amide bonds. The minimum absolute atomic E-state index is 0.0855. The van der Waals surface area contributed by atoms with Gasteiger partial charge in [-0.15, -0.1) is 0 Å². The molecule has 2 aromatic carbocycles. The van der Waals surface area contributed by atoms with Gasteiger partial charge >= 0.3 is 0 Å². The average molecular weight is 386 g/mol. The zero-order valence-corrected chi connectivity index (χ0v) is 16.6. The minimum Gasteiger partial charge on any atom is -0.491 e. The summed E-state index contributed by atoms with van der Waals surface area (Å²) in [6.07, 6.45) is 0.661. The van der Waals surface area contributed by atoms with Gasteiger partial charge in [-0.25, -0.2) is 4.39 Å². The third-order valence-corrected chi connectivity index (χ3v) is 4.17. The number of nitrogens with zero attached hydrogens (tertiary/aromatic N) is 1. The van der Waals surface area contributed by atoms with E-state index in [1.54, 1.807) is 47.4 Å². The maximum atomic E-state index is 13.7. The van der Waals surface area contributed by atoms with E-state index in [2.05, 4.69) is 5.32 Å². The second-order valence-corrected chi connectivity index (χ2v) is 6.84. The van der Waals surface area contributed by atoms with Gasteiger partial charge in [-0.05, 0) is 56.2 Å². The second-order valence-electron chi connectivity index (χ2n) is 6.84. The van der Waals surface area contributed by atoms with E-state index >= 15 is 0 Å². The highest BCUT2D eigenvalue weighted by Crippen LogP contribution is 2.17. The van der Waals surface area contributed by atoms with E-state index in [-0.39, 0.29) is 36.7 Å². The summed E-state index contributed by atoms with van der Waals surface area (Å²) >= 11 is 0. The molecule has 0 saturated heterocycles. The van der Waals surface area contributed by atoms with Gasteiger partial charge in [0.25, 0.3) is 0 Å². The Labute approximate surface area is 165 Å². The molecular weight excluding hydrogens is 359 g/mol. The van der Waals surface area contributed by atoms with E-state index in [1.807, 2.05) is 13.8 Å². The van der Waals surface area contributed by atoms with Gasteiger partial charge in [-0.1, -0.05) is 18.2 Å². The Morgan fingerprint density at radius 3 is 2.36 bits per heavy atom. The normalized spacial score (nSPS) is 10.6. The standard InChI is InChI=1S/C22H27FN2O3/c1-16(2)28-20-10-8-19(9-11-20)24-22(27)13-15-25(17(3)26)14-12-18-6-4-5-7-21(18)23/h4-11,16H,12-15H2,1-3H3,(H,24,27). The van der Waals surface area contributed by atoms with Crippen molar-refractivity contribution < 1.29 is 18.7 Å². The van der Waals surface area contributed by atoms with Crippen LogP contribution in [0.1, 0.15) is 32.8 Å². The number of benzene rings is 2. The number of ether oxygens (including phenoxy) is 1. The fourth-order valence-electron chi connectivity index (χ4n) is 2.73. The van der Waals surface area contributed by atoms with Crippen molar-refractivity contribution in [2.24, 2.45) is 0 Å². The summed E-state index contributed by atoms with van der Waals surface area (Å²) in [6, 6.07) is 13.6. The molecule has 0 aromatic heterocycles. The van der Waals surface area contributed by atoms with E-state index < -0.39 is 0 Å². The van der Waals surface area contributed by atoms with Crippen LogP contribution in [0.3, 0.4) is 0 Å². The highest BCUT2D eigenvalue weighted by molar-refractivity contribution is 5.91. The molecule has 0 fully saturated rings. The molecule has 1 N–H and O–H groups in total. The first-order valence-electron chi connectivity index (χ1n) is 9.40. The van der Waals surface area contributed by atoms with E-state index in [4.69, 9.17) is 4.74 Å². The first-order valence-corrected chi connectivity index (χ1v) is 9.40. The molecule has 0 aliphatic rings. The van der Waals surface area contributed by atoms with Gasteiger partial charge in [0.15, 0.2) is 0 Å². The maximum Gasteiger partial charge on any atom is 0.226 e. The van der Waals surface area contributed by atoms with Crippen LogP contribution in [-0.4, -0.2) is 35.9 Å². The predicted octanol–water partition coefficient (Wildman–Crippen LogP) is 4.03. The third kappa shape index (κ3) is 7.02. The number of carbonyl (C=O) groups is 2. The summed E-state index contributed by atoms with van der Waals surface area (Å²) in [6.45, 7) is 5.99. The summed E-state index contributed by atoms with van der Waals surface area (Å²) in [5.41, 5.74) is 1.23. The van der Waals surface area contributed by atoms with Gasteiger partial charge in [-0.3, -0.25) is 9.59 Å². The number of nitrogens with one attached hydrogen (secondary N) is 1. The van der Waals surface area contributed by atoms with Gasteiger partial charge in [0.2, 0.25) is 11.8 Å². The van der Waals surface area contributed by atoms with Crippen LogP contribution in [0.4, 0.5) is 10.1 Å². The Morgan fingerprint density at radius 2 is 1.75 bits per heavy atom. The summed E-state index contributed by atoms with van der Waals surface area (Å²) in [4.78, 5) is 25.6. The molecular formula is C22H27FN2O3. The first kappa shape index (κ1) is 21.4. The third-order valence-electron chi connectivity index (χ3n) is 4.17. The molecule has 0 spiro atoms. The van der Waals surface area contributed by atoms with Crippen molar-refractivity contribution in [1.29, 1.82) is 0 Å². The van der Waals surface area contributed by atoms with Crippen LogP contribution in [-0.2, 0) is 16.0 Å². The van der Waals surface area contributed by atoms with Crippen molar-refractivity contribution in [2.75, 3.05) is 18.4 Å². The summed E-state index contributed by atoms with van der Waals surface area (Å²) in [7, 11) is 0. The first-order chi connectivity index (χ1) is 13.3. The number of halogens is 1. The van der Waals surface area contributed by atoms with Gasteiger partial charge in [0.05, 0.1) is 6.10 Å². The Hall–Kier alpha value is -2.89. The zero-order valence-electron chi connectivity index (χ0n) is 16.6. The Morgan fingerprint density at radius 1 is 1.07 bits per heavy atom. The fourth-order valence-corrected chi connectivity index (χ4v) is 2.73. The molecule has 0 radical (unpaired) electrons. The topological polar surface area (TPSA) is 58.6 Å². The highest BCUT2D eigenvalue weighted by Gasteiger charge is 2.13. The summed E-state index contributed by atoms with van der Waals surface area (Å²) in [5.74, 6) is 0.131. The maximum absolute atomic E-state index is 13.7. The molecule has 0 heterocycles. The quantitative estimate of drug-likeness (QED) is 0.708. The average Bonchev–Trinajstić information content (AvgIpc) is 2.64. The van der Waals surface area contributed by atoms with Crippen molar-refractivity contribution >= 4 is 17.5 Å². The van der Waals surface area contributed by atoms with Crippen molar-refractivity contribution in [2.45, 2.75) is 39.7 Å². The predicted molar refractivity (Wildman–Crippen MR) is 108 cm³/mol. The molecule has 0 atom stereocenters. The molecule has 150 valence electrons. The zero-order chi connectivity index (χ0) is 20.5. The van der Waals surface area contributed by atoms with Crippen LogP contribution >= 0.6 is 0 Å². The van der Waals surface area contributed by atoms with Gasteiger partial charge < -0.3 is 15.0 Å². The molecule has 28 heavy (non-hydrogen) atoms. The molecule has 2 aromatic rings. The molecule has 2 rings (SSSR count). The number of hydrogen-bond donors (Lipinski definition) is 1. The van der Waals surface area contributed by atoms with E-state index in [0.717, 1.165) is 5.75 Å². The second kappa shape index (κ2) is 10.4. The smallest absolute Gasteiger partial charge is 0.226 e. The number of amides is 2. The van der Waals surface area contributed by atoms with Crippen LogP contribution in [0.2, 0.25) is 0 Å². The van der Waals surface area contributed by atoms with Crippen LogP contribution in [0.5, 0.6) is 5.75 Å². The van der Waals surface area contributed by atoms with Crippen molar-refractivity contribution in [1.82, 2.24) is 4.90 Å². The van der Waals surface area contributed by atoms with Crippen LogP contribution in [0, 0.1) is 5.82 Å². The molecule has 0 bridgehead atoms. The van der Waals surface area contributed by atoms with Gasteiger partial charge in [0, 0.05) is 32.1 Å². The number of anilines is 1. The lowest BCUT2D eigenvalue weighted by atomic mass is 10.1. The lowest BCUT2D eigenvalue weighted by Gasteiger charge is -2.21. The van der Waals surface area contributed by atoms with Crippen LogP contribution in [0.25, 0.3) is 0 Å². The van der Waals surface area contributed by atoms with Crippen LogP contribution < -0.4 is 10.1 Å². The number of rotatable bonds is 9. The van der Waals surface area contributed by atoms with Crippen LogP contribution in [0.15, 0.2) is 48.5 Å². The highest BCUT2D eigenvalue weighted by atomic mass is 19.1. The lowest BCUT2D eigenvalue weighted by molar-refractivity contribution is -0.129. The molecule has 6 heteroatoms. The van der Waals surface area contributed by atoms with E-state index in [1.165, 1.54) is 13.0 Å². The van der Waals surface area contributed by atoms with Gasteiger partial charge in [-0.2, -0.15) is 0 Å². The molecule has 0 unspecified atom stereocenters. The molecule has 0 aliphatic carbocycles. The molecule has 0 saturated carbocycles. The SMILES string of the molecule is CC(=O)N(CCC(=O)Nc1ccc(OC(C)C)cc1)CCc1ccccc1F. The number of carbonyl (C=O) groups excluding carboxylic acids is 2. The van der Waals surface area contributed by atoms with Gasteiger partial charge in [0.1, 0.15) is 11.6 Å². The molecule has 0 aliphatic heterocycles. The lowest BCUT2D eigenvalue weighted by Crippen LogP contribution is -2.33. The number of hydrogen-bond acceptors (Lipinski definition) is 3. The molecule has 5 nitrogen and oxygen atoms in total. The van der Waals surface area contributed by atoms with E-state index in [0.29, 0.717) is 24.2 Å². The Bertz CT molecular complexity index is 791. The summed E-state index contributed by atoms with van der Waals surface area (Å²) in [5, 5.41) is 2.81. The minimum atomic E-state index is -0.284. The fraction of sp³-hybridized carbons (Fsp3) is 0.364. The Balaban J connectivity index is 1.83. The summed E-state index contributed by atoms with van der Waals surface area (Å²) < 4.78 is 19.3. The van der Waals surface area contributed by atoms with E-state index in [9.17, 15) is 14.0 Å². The monoisotopic (exact) mass is 386 g/mol. The largest absolute Gasteiger partial charge is 0.491 e. The van der Waals surface area contributed by atoms with Crippen molar-refractivity contribution in [3.05, 3.63) is 59.9 Å². The van der Waals surface area contributed by atoms with Crippen molar-refractivity contribution in [3.8, 4) is 5.75 Å². The Kier molecular flexibility index (Phi) is 7.99. The van der Waals surface area contributed by atoms with Crippen molar-refractivity contribution in [3.63, 3.8) is 0 Å².